The second-order valence-electron chi connectivity index (χ2n) is 6.78. The molecule has 6 nitrogen and oxygen atoms in total. The van der Waals surface area contributed by atoms with Crippen LogP contribution < -0.4 is 10.1 Å². The maximum Gasteiger partial charge on any atom is 0.265 e. The smallest absolute Gasteiger partial charge is 0.265 e. The number of aryl methyl sites for hydroxylation is 2. The number of nitrogens with one attached hydrogen (secondary N) is 1. The van der Waals surface area contributed by atoms with Crippen molar-refractivity contribution in [2.75, 3.05) is 5.32 Å². The van der Waals surface area contributed by atoms with E-state index in [9.17, 15) is 9.59 Å². The zero-order chi connectivity index (χ0) is 21.1. The number of hydrogen-bond acceptors (Lipinski definition) is 4. The first-order valence-corrected chi connectivity index (χ1v) is 9.52. The van der Waals surface area contributed by atoms with E-state index in [0.29, 0.717) is 27.6 Å². The molecular formula is C22H22ClN3O3. The van der Waals surface area contributed by atoms with Gasteiger partial charge in [0.2, 0.25) is 0 Å². The molecule has 150 valence electrons. The molecule has 0 spiro atoms. The van der Waals surface area contributed by atoms with Gasteiger partial charge in [-0.15, -0.1) is 0 Å². The molecule has 1 amide bonds. The van der Waals surface area contributed by atoms with E-state index in [1.165, 1.54) is 0 Å². The van der Waals surface area contributed by atoms with E-state index < -0.39 is 6.10 Å². The Morgan fingerprint density at radius 1 is 1.03 bits per heavy atom. The Bertz CT molecular complexity index is 1040. The first kappa shape index (κ1) is 20.6. The van der Waals surface area contributed by atoms with Crippen LogP contribution in [-0.4, -0.2) is 27.6 Å². The largest absolute Gasteiger partial charge is 0.481 e. The van der Waals surface area contributed by atoms with Crippen molar-refractivity contribution < 1.29 is 14.3 Å². The molecule has 3 aromatic rings. The molecule has 7 heteroatoms. The van der Waals surface area contributed by atoms with Gasteiger partial charge in [-0.3, -0.25) is 14.3 Å². The van der Waals surface area contributed by atoms with Gasteiger partial charge in [0.1, 0.15) is 5.75 Å². The minimum atomic E-state index is -0.716. The number of hydrogen-bond donors (Lipinski definition) is 1. The van der Waals surface area contributed by atoms with Crippen molar-refractivity contribution in [2.45, 2.75) is 26.9 Å². The fourth-order valence-electron chi connectivity index (χ4n) is 2.89. The van der Waals surface area contributed by atoms with Crippen LogP contribution in [0.4, 0.5) is 5.69 Å². The molecule has 0 bridgehead atoms. The fraction of sp³-hybridized carbons (Fsp3) is 0.227. The lowest BCUT2D eigenvalue weighted by molar-refractivity contribution is -0.122. The van der Waals surface area contributed by atoms with Crippen LogP contribution >= 0.6 is 11.6 Å². The molecule has 0 saturated carbocycles. The summed E-state index contributed by atoms with van der Waals surface area (Å²) in [4.78, 5) is 25.0. The summed E-state index contributed by atoms with van der Waals surface area (Å²) in [6.45, 7) is 5.39. The van der Waals surface area contributed by atoms with Gasteiger partial charge in [-0.05, 0) is 69.3 Å². The number of anilines is 1. The van der Waals surface area contributed by atoms with Crippen molar-refractivity contribution in [2.24, 2.45) is 7.05 Å². The van der Waals surface area contributed by atoms with E-state index in [2.05, 4.69) is 10.4 Å². The molecule has 29 heavy (non-hydrogen) atoms. The van der Waals surface area contributed by atoms with Crippen molar-refractivity contribution in [3.63, 3.8) is 0 Å². The molecule has 0 unspecified atom stereocenters. The highest BCUT2D eigenvalue weighted by atomic mass is 35.5. The van der Waals surface area contributed by atoms with Crippen LogP contribution in [0, 0.1) is 13.8 Å². The fourth-order valence-corrected chi connectivity index (χ4v) is 3.02. The first-order chi connectivity index (χ1) is 13.8. The minimum absolute atomic E-state index is 0.110. The van der Waals surface area contributed by atoms with Crippen molar-refractivity contribution in [1.29, 1.82) is 0 Å². The van der Waals surface area contributed by atoms with Crippen molar-refractivity contribution in [3.05, 3.63) is 76.1 Å². The Balaban J connectivity index is 1.65. The Morgan fingerprint density at radius 3 is 2.10 bits per heavy atom. The first-order valence-electron chi connectivity index (χ1n) is 9.14. The average molecular weight is 412 g/mol. The number of benzene rings is 2. The van der Waals surface area contributed by atoms with Gasteiger partial charge in [-0.2, -0.15) is 5.10 Å². The maximum absolute atomic E-state index is 12.5. The number of carbonyl (C=O) groups is 2. The van der Waals surface area contributed by atoms with E-state index in [-0.39, 0.29) is 11.7 Å². The third kappa shape index (κ3) is 4.66. The van der Waals surface area contributed by atoms with Crippen molar-refractivity contribution in [3.8, 4) is 5.75 Å². The molecule has 2 aromatic carbocycles. The molecule has 1 heterocycles. The summed E-state index contributed by atoms with van der Waals surface area (Å²) in [5.74, 6) is 0.118. The van der Waals surface area contributed by atoms with Crippen molar-refractivity contribution >= 4 is 29.0 Å². The molecule has 1 N–H and O–H groups in total. The molecule has 1 atom stereocenters. The van der Waals surface area contributed by atoms with Gasteiger partial charge < -0.3 is 10.1 Å². The molecule has 0 fully saturated rings. The summed E-state index contributed by atoms with van der Waals surface area (Å²) in [7, 11) is 1.82. The second-order valence-corrected chi connectivity index (χ2v) is 7.22. The Morgan fingerprint density at radius 2 is 1.59 bits per heavy atom. The van der Waals surface area contributed by atoms with E-state index >= 15 is 0 Å². The SMILES string of the molecule is Cc1nn(C)c(C)c1NC(=O)[C@@H](C)Oc1ccc(C(=O)c2ccc(Cl)cc2)cc1. The lowest BCUT2D eigenvalue weighted by Gasteiger charge is -2.15. The van der Waals surface area contributed by atoms with Gasteiger partial charge in [-0.1, -0.05) is 11.6 Å². The number of rotatable bonds is 6. The van der Waals surface area contributed by atoms with Gasteiger partial charge in [0.05, 0.1) is 17.1 Å². The summed E-state index contributed by atoms with van der Waals surface area (Å²) in [6.07, 6.45) is -0.716. The van der Waals surface area contributed by atoms with Crippen LogP contribution in [0.15, 0.2) is 48.5 Å². The zero-order valence-electron chi connectivity index (χ0n) is 16.7. The van der Waals surface area contributed by atoms with Crippen molar-refractivity contribution in [1.82, 2.24) is 9.78 Å². The summed E-state index contributed by atoms with van der Waals surface area (Å²) in [5.41, 5.74) is 3.39. The number of nitrogens with zero attached hydrogens (tertiary/aromatic N) is 2. The van der Waals surface area contributed by atoms with Crippen LogP contribution in [0.2, 0.25) is 5.02 Å². The Hall–Kier alpha value is -3.12. The molecule has 0 aliphatic carbocycles. The number of ketones is 1. The van der Waals surface area contributed by atoms with Gasteiger partial charge in [-0.25, -0.2) is 0 Å². The summed E-state index contributed by atoms with van der Waals surface area (Å²) in [6, 6.07) is 13.4. The molecule has 0 radical (unpaired) electrons. The Kier molecular flexibility index (Phi) is 6.03. The standard InChI is InChI=1S/C22H22ClN3O3/c1-13-20(14(2)26(4)25-13)24-22(28)15(3)29-19-11-7-17(8-12-19)21(27)16-5-9-18(23)10-6-16/h5-12,15H,1-4H3,(H,24,28)/t15-/m1/s1. The van der Waals surface area contributed by atoms with E-state index in [4.69, 9.17) is 16.3 Å². The summed E-state index contributed by atoms with van der Waals surface area (Å²) < 4.78 is 7.44. The highest BCUT2D eigenvalue weighted by molar-refractivity contribution is 6.30. The lowest BCUT2D eigenvalue weighted by atomic mass is 10.0. The zero-order valence-corrected chi connectivity index (χ0v) is 17.4. The second kappa shape index (κ2) is 8.49. The number of aromatic nitrogens is 2. The van der Waals surface area contributed by atoms with Gasteiger partial charge in [0, 0.05) is 23.2 Å². The van der Waals surface area contributed by atoms with Crippen LogP contribution in [0.3, 0.4) is 0 Å². The minimum Gasteiger partial charge on any atom is -0.481 e. The molecule has 0 aliphatic rings. The normalized spacial score (nSPS) is 11.8. The topological polar surface area (TPSA) is 73.2 Å². The lowest BCUT2D eigenvalue weighted by Crippen LogP contribution is -2.30. The van der Waals surface area contributed by atoms with Gasteiger partial charge in [0.15, 0.2) is 11.9 Å². The average Bonchev–Trinajstić information content (AvgIpc) is 2.94. The third-order valence-electron chi connectivity index (χ3n) is 4.66. The van der Waals surface area contributed by atoms with E-state index in [1.807, 2.05) is 20.9 Å². The number of ether oxygens (including phenoxy) is 1. The predicted molar refractivity (Wildman–Crippen MR) is 113 cm³/mol. The van der Waals surface area contributed by atoms with Crippen LogP contribution in [0.5, 0.6) is 5.75 Å². The van der Waals surface area contributed by atoms with Gasteiger partial charge in [0.25, 0.3) is 5.91 Å². The predicted octanol–water partition coefficient (Wildman–Crippen LogP) is 4.33. The molecule has 3 rings (SSSR count). The third-order valence-corrected chi connectivity index (χ3v) is 4.91. The van der Waals surface area contributed by atoms with E-state index in [1.54, 1.807) is 60.1 Å². The van der Waals surface area contributed by atoms with Gasteiger partial charge >= 0.3 is 0 Å². The highest BCUT2D eigenvalue weighted by Crippen LogP contribution is 2.21. The summed E-state index contributed by atoms with van der Waals surface area (Å²) >= 11 is 5.86. The van der Waals surface area contributed by atoms with Crippen LogP contribution in [0.25, 0.3) is 0 Å². The monoisotopic (exact) mass is 411 g/mol. The molecule has 1 aromatic heterocycles. The Labute approximate surface area is 174 Å². The quantitative estimate of drug-likeness (QED) is 0.613. The summed E-state index contributed by atoms with van der Waals surface area (Å²) in [5, 5.41) is 7.73. The molecule has 0 aliphatic heterocycles. The number of amides is 1. The van der Waals surface area contributed by atoms with Crippen LogP contribution in [0.1, 0.15) is 34.2 Å². The number of halogens is 1. The van der Waals surface area contributed by atoms with E-state index in [0.717, 1.165) is 11.4 Å². The highest BCUT2D eigenvalue weighted by Gasteiger charge is 2.19. The number of carbonyl (C=O) groups excluding carboxylic acids is 2. The maximum atomic E-state index is 12.5. The van der Waals surface area contributed by atoms with Crippen LogP contribution in [-0.2, 0) is 11.8 Å². The molecule has 0 saturated heterocycles. The molecular weight excluding hydrogens is 390 g/mol.